The van der Waals surface area contributed by atoms with Crippen LogP contribution in [0.25, 0.3) is 0 Å². The molecule has 0 unspecified atom stereocenters. The van der Waals surface area contributed by atoms with Gasteiger partial charge in [-0.15, -0.1) is 0 Å². The van der Waals surface area contributed by atoms with Crippen LogP contribution >= 0.6 is 0 Å². The molecule has 1 saturated heterocycles. The van der Waals surface area contributed by atoms with Crippen molar-refractivity contribution in [1.29, 1.82) is 0 Å². The van der Waals surface area contributed by atoms with Crippen LogP contribution < -0.4 is 10.6 Å². The van der Waals surface area contributed by atoms with E-state index in [2.05, 4.69) is 19.8 Å². The molecule has 7 heteroatoms. The molecule has 1 atom stereocenters. The molecule has 3 N–H and O–H groups in total. The van der Waals surface area contributed by atoms with Crippen molar-refractivity contribution < 1.29 is 9.52 Å². The molecule has 0 amide bonds. The number of nitrogen functional groups attached to an aromatic ring is 1. The maximum atomic E-state index is 9.44. The van der Waals surface area contributed by atoms with Crippen LogP contribution in [0.1, 0.15) is 23.6 Å². The lowest BCUT2D eigenvalue weighted by molar-refractivity contribution is 0.126. The Morgan fingerprint density at radius 2 is 2.12 bits per heavy atom. The Morgan fingerprint density at radius 1 is 1.29 bits per heavy atom. The summed E-state index contributed by atoms with van der Waals surface area (Å²) in [4.78, 5) is 13.1. The third kappa shape index (κ3) is 3.85. The molecule has 0 radical (unpaired) electrons. The van der Waals surface area contributed by atoms with E-state index < -0.39 is 0 Å². The van der Waals surface area contributed by atoms with Gasteiger partial charge in [-0.25, -0.2) is 4.98 Å². The van der Waals surface area contributed by atoms with Crippen molar-refractivity contribution in [3.63, 3.8) is 0 Å². The summed E-state index contributed by atoms with van der Waals surface area (Å²) in [7, 11) is 0. The minimum Gasteiger partial charge on any atom is -0.465 e. The summed E-state index contributed by atoms with van der Waals surface area (Å²) in [6.45, 7) is 7.34. The maximum Gasteiger partial charge on any atom is 0.222 e. The molecule has 3 heterocycles. The Kier molecular flexibility index (Phi) is 5.01. The normalized spacial score (nSPS) is 19.0. The number of hydrogen-bond acceptors (Lipinski definition) is 7. The van der Waals surface area contributed by atoms with E-state index >= 15 is 0 Å². The zero-order chi connectivity index (χ0) is 17.1. The molecule has 130 valence electrons. The van der Waals surface area contributed by atoms with Crippen molar-refractivity contribution >= 4 is 11.8 Å². The molecule has 0 bridgehead atoms. The number of rotatable bonds is 5. The van der Waals surface area contributed by atoms with Gasteiger partial charge in [-0.2, -0.15) is 4.98 Å². The number of aliphatic hydroxyl groups is 1. The second kappa shape index (κ2) is 7.19. The zero-order valence-corrected chi connectivity index (χ0v) is 14.3. The number of piperazine rings is 1. The van der Waals surface area contributed by atoms with E-state index in [0.29, 0.717) is 5.95 Å². The average Bonchev–Trinajstić information content (AvgIpc) is 2.93. The second-order valence-corrected chi connectivity index (χ2v) is 6.32. The Balaban J connectivity index is 1.72. The van der Waals surface area contributed by atoms with Crippen molar-refractivity contribution in [2.75, 3.05) is 36.9 Å². The maximum absolute atomic E-state index is 9.44. The third-order valence-electron chi connectivity index (χ3n) is 4.40. The zero-order valence-electron chi connectivity index (χ0n) is 14.3. The summed E-state index contributed by atoms with van der Waals surface area (Å²) in [5, 5.41) is 9.44. The van der Waals surface area contributed by atoms with E-state index in [4.69, 9.17) is 10.2 Å². The van der Waals surface area contributed by atoms with Crippen LogP contribution in [-0.4, -0.2) is 52.3 Å². The smallest absolute Gasteiger partial charge is 0.222 e. The summed E-state index contributed by atoms with van der Waals surface area (Å²) < 4.78 is 5.70. The minimum absolute atomic E-state index is 0.164. The number of furan rings is 1. The van der Waals surface area contributed by atoms with Crippen LogP contribution in [0.4, 0.5) is 11.8 Å². The summed E-state index contributed by atoms with van der Waals surface area (Å²) >= 11 is 0. The van der Waals surface area contributed by atoms with Gasteiger partial charge in [0.2, 0.25) is 5.95 Å². The van der Waals surface area contributed by atoms with Gasteiger partial charge in [0.1, 0.15) is 17.3 Å². The first-order chi connectivity index (χ1) is 11.5. The summed E-state index contributed by atoms with van der Waals surface area (Å²) in [6, 6.07) is 6.20. The third-order valence-corrected chi connectivity index (χ3v) is 4.40. The van der Waals surface area contributed by atoms with Crippen LogP contribution in [0.2, 0.25) is 0 Å². The molecule has 0 saturated carbocycles. The topological polar surface area (TPSA) is 91.7 Å². The standard InChI is InChI=1S/C17H25N5O2/c1-12-9-16(20-17(18)19-12)22-7-6-21(14(10-22)5-8-23)11-15-4-3-13(2)24-15/h3-4,9,14,23H,5-8,10-11H2,1-2H3,(H2,18,19,20)/t14-/m0/s1. The van der Waals surface area contributed by atoms with Crippen LogP contribution in [0.5, 0.6) is 0 Å². The monoisotopic (exact) mass is 331 g/mol. The summed E-state index contributed by atoms with van der Waals surface area (Å²) in [6.07, 6.45) is 0.718. The molecule has 1 aliphatic heterocycles. The van der Waals surface area contributed by atoms with Gasteiger partial charge in [0, 0.05) is 44.0 Å². The molecule has 3 rings (SSSR count). The largest absolute Gasteiger partial charge is 0.465 e. The first-order valence-corrected chi connectivity index (χ1v) is 8.31. The number of anilines is 2. The van der Waals surface area contributed by atoms with Gasteiger partial charge in [-0.3, -0.25) is 4.90 Å². The fraction of sp³-hybridized carbons (Fsp3) is 0.529. The fourth-order valence-corrected chi connectivity index (χ4v) is 3.24. The lowest BCUT2D eigenvalue weighted by atomic mass is 10.1. The molecular formula is C17H25N5O2. The number of nitrogens with zero attached hydrogens (tertiary/aromatic N) is 4. The highest BCUT2D eigenvalue weighted by molar-refractivity contribution is 5.44. The number of aromatic nitrogens is 2. The molecule has 0 aliphatic carbocycles. The molecule has 7 nitrogen and oxygen atoms in total. The predicted octanol–water partition coefficient (Wildman–Crippen LogP) is 1.34. The van der Waals surface area contributed by atoms with Gasteiger partial charge >= 0.3 is 0 Å². The van der Waals surface area contributed by atoms with Crippen LogP contribution in [-0.2, 0) is 6.54 Å². The Bertz CT molecular complexity index is 667. The highest BCUT2D eigenvalue weighted by Crippen LogP contribution is 2.22. The van der Waals surface area contributed by atoms with Gasteiger partial charge in [-0.05, 0) is 32.4 Å². The van der Waals surface area contributed by atoms with E-state index in [-0.39, 0.29) is 12.6 Å². The van der Waals surface area contributed by atoms with Crippen molar-refractivity contribution in [3.05, 3.63) is 35.4 Å². The molecule has 24 heavy (non-hydrogen) atoms. The summed E-state index contributed by atoms with van der Waals surface area (Å²) in [5.41, 5.74) is 6.64. The quantitative estimate of drug-likeness (QED) is 0.854. The van der Waals surface area contributed by atoms with Gasteiger partial charge in [0.25, 0.3) is 0 Å². The molecule has 1 fully saturated rings. The highest BCUT2D eigenvalue weighted by Gasteiger charge is 2.28. The lowest BCUT2D eigenvalue weighted by Gasteiger charge is -2.41. The second-order valence-electron chi connectivity index (χ2n) is 6.32. The Labute approximate surface area is 142 Å². The van der Waals surface area contributed by atoms with Crippen molar-refractivity contribution in [1.82, 2.24) is 14.9 Å². The fourth-order valence-electron chi connectivity index (χ4n) is 3.24. The molecule has 2 aromatic heterocycles. The molecular weight excluding hydrogens is 306 g/mol. The Morgan fingerprint density at radius 3 is 2.79 bits per heavy atom. The minimum atomic E-state index is 0.164. The predicted molar refractivity (Wildman–Crippen MR) is 92.7 cm³/mol. The number of aliphatic hydroxyl groups excluding tert-OH is 1. The first kappa shape index (κ1) is 16.7. The summed E-state index contributed by atoms with van der Waals surface area (Å²) in [5.74, 6) is 3.05. The first-order valence-electron chi connectivity index (χ1n) is 8.31. The van der Waals surface area contributed by atoms with E-state index in [1.165, 1.54) is 0 Å². The van der Waals surface area contributed by atoms with E-state index in [0.717, 1.165) is 55.6 Å². The lowest BCUT2D eigenvalue weighted by Crippen LogP contribution is -2.53. The van der Waals surface area contributed by atoms with Crippen molar-refractivity contribution in [3.8, 4) is 0 Å². The average molecular weight is 331 g/mol. The van der Waals surface area contributed by atoms with Crippen LogP contribution in [0, 0.1) is 13.8 Å². The van der Waals surface area contributed by atoms with Crippen LogP contribution in [0.3, 0.4) is 0 Å². The van der Waals surface area contributed by atoms with Gasteiger partial charge in [0.05, 0.1) is 6.54 Å². The molecule has 0 spiro atoms. The highest BCUT2D eigenvalue weighted by atomic mass is 16.3. The number of hydrogen-bond donors (Lipinski definition) is 2. The van der Waals surface area contributed by atoms with Gasteiger partial charge < -0.3 is 20.2 Å². The van der Waals surface area contributed by atoms with Gasteiger partial charge in [0.15, 0.2) is 0 Å². The molecule has 2 aromatic rings. The van der Waals surface area contributed by atoms with E-state index in [1.54, 1.807) is 0 Å². The van der Waals surface area contributed by atoms with E-state index in [9.17, 15) is 5.11 Å². The number of aryl methyl sites for hydroxylation is 2. The van der Waals surface area contributed by atoms with Gasteiger partial charge in [-0.1, -0.05) is 0 Å². The van der Waals surface area contributed by atoms with Crippen molar-refractivity contribution in [2.24, 2.45) is 0 Å². The number of nitrogens with two attached hydrogens (primary N) is 1. The Hall–Kier alpha value is -2.12. The van der Waals surface area contributed by atoms with Crippen LogP contribution in [0.15, 0.2) is 22.6 Å². The van der Waals surface area contributed by atoms with E-state index in [1.807, 2.05) is 32.0 Å². The van der Waals surface area contributed by atoms with Crippen molar-refractivity contribution in [2.45, 2.75) is 32.9 Å². The molecule has 1 aliphatic rings. The SMILES string of the molecule is Cc1cc(N2CCN(Cc3ccc(C)o3)[C@@H](CCO)C2)nc(N)n1. The molecule has 0 aromatic carbocycles.